The van der Waals surface area contributed by atoms with Gasteiger partial charge in [0.05, 0.1) is 6.20 Å². The van der Waals surface area contributed by atoms with Gasteiger partial charge in [-0.15, -0.1) is 10.2 Å². The van der Waals surface area contributed by atoms with Gasteiger partial charge in [-0.1, -0.05) is 0 Å². The first-order valence-corrected chi connectivity index (χ1v) is 4.34. The minimum absolute atomic E-state index is 0.753. The summed E-state index contributed by atoms with van der Waals surface area (Å²) in [6, 6.07) is 0.753. The molecule has 1 aromatic heterocycles. The van der Waals surface area contributed by atoms with Crippen LogP contribution in [-0.4, -0.2) is 27.8 Å². The van der Waals surface area contributed by atoms with Gasteiger partial charge in [-0.2, -0.15) is 0 Å². The predicted octanol–water partition coefficient (Wildman–Crippen LogP) is 0.470. The van der Waals surface area contributed by atoms with Gasteiger partial charge in [0.2, 0.25) is 0 Å². The van der Waals surface area contributed by atoms with Crippen LogP contribution in [0.3, 0.4) is 0 Å². The molecular weight excluding hydrogens is 152 g/mol. The van der Waals surface area contributed by atoms with Crippen LogP contribution >= 0.6 is 0 Å². The normalized spacial score (nSPS) is 31.8. The molecule has 0 radical (unpaired) electrons. The largest absolute Gasteiger partial charge is 0.351 e. The maximum atomic E-state index is 4.05. The van der Waals surface area contributed by atoms with E-state index in [9.17, 15) is 0 Å². The Morgan fingerprint density at radius 1 is 1.50 bits per heavy atom. The lowest BCUT2D eigenvalue weighted by molar-refractivity contribution is 0.780. The van der Waals surface area contributed by atoms with Crippen molar-refractivity contribution in [3.8, 4) is 0 Å². The molecule has 0 N–H and O–H groups in total. The average Bonchev–Trinajstić information content (AvgIpc) is 2.80. The molecule has 1 aliphatic carbocycles. The SMILES string of the molecule is c1ncc(N2CCC3CC32)nn1. The van der Waals surface area contributed by atoms with Crippen LogP contribution in [0, 0.1) is 5.92 Å². The van der Waals surface area contributed by atoms with E-state index in [1.165, 1.54) is 19.2 Å². The van der Waals surface area contributed by atoms with Gasteiger partial charge in [0, 0.05) is 12.6 Å². The molecule has 4 heteroatoms. The summed E-state index contributed by atoms with van der Waals surface area (Å²) < 4.78 is 0. The number of aromatic nitrogens is 3. The molecule has 2 fully saturated rings. The van der Waals surface area contributed by atoms with E-state index < -0.39 is 0 Å². The van der Waals surface area contributed by atoms with E-state index in [-0.39, 0.29) is 0 Å². The number of fused-ring (bicyclic) bond motifs is 1. The highest BCUT2D eigenvalue weighted by atomic mass is 15.3. The Morgan fingerprint density at radius 3 is 3.08 bits per heavy atom. The summed E-state index contributed by atoms with van der Waals surface area (Å²) in [7, 11) is 0. The second kappa shape index (κ2) is 2.15. The van der Waals surface area contributed by atoms with E-state index in [2.05, 4.69) is 20.1 Å². The van der Waals surface area contributed by atoms with Crippen LogP contribution in [0.4, 0.5) is 5.82 Å². The van der Waals surface area contributed by atoms with E-state index in [0.717, 1.165) is 24.3 Å². The Labute approximate surface area is 70.6 Å². The summed E-state index contributed by atoms with van der Waals surface area (Å²) in [4.78, 5) is 6.29. The lowest BCUT2D eigenvalue weighted by atomic mass is 10.3. The maximum Gasteiger partial charge on any atom is 0.170 e. The van der Waals surface area contributed by atoms with Crippen LogP contribution in [0.1, 0.15) is 12.8 Å². The van der Waals surface area contributed by atoms with Crippen molar-refractivity contribution < 1.29 is 0 Å². The monoisotopic (exact) mass is 162 g/mol. The Hall–Kier alpha value is -1.19. The minimum atomic E-state index is 0.753. The smallest absolute Gasteiger partial charge is 0.170 e. The lowest BCUT2D eigenvalue weighted by Gasteiger charge is -2.16. The number of hydrogen-bond acceptors (Lipinski definition) is 4. The first-order chi connectivity index (χ1) is 5.95. The molecule has 0 bridgehead atoms. The minimum Gasteiger partial charge on any atom is -0.351 e. The molecular formula is C8H10N4. The van der Waals surface area contributed by atoms with Gasteiger partial charge in [0.25, 0.3) is 0 Å². The fraction of sp³-hybridized carbons (Fsp3) is 0.625. The Bertz CT molecular complexity index is 286. The summed E-state index contributed by atoms with van der Waals surface area (Å²) in [6.07, 6.45) is 5.94. The van der Waals surface area contributed by atoms with Crippen molar-refractivity contribution in [2.24, 2.45) is 5.92 Å². The number of anilines is 1. The van der Waals surface area contributed by atoms with E-state index in [0.29, 0.717) is 0 Å². The highest BCUT2D eigenvalue weighted by molar-refractivity contribution is 5.41. The molecule has 4 nitrogen and oxygen atoms in total. The van der Waals surface area contributed by atoms with E-state index in [1.54, 1.807) is 6.20 Å². The highest BCUT2D eigenvalue weighted by Crippen LogP contribution is 2.45. The number of nitrogens with zero attached hydrogens (tertiary/aromatic N) is 4. The van der Waals surface area contributed by atoms with Gasteiger partial charge in [-0.3, -0.25) is 0 Å². The molecule has 0 amide bonds. The first-order valence-electron chi connectivity index (χ1n) is 4.34. The summed E-state index contributed by atoms with van der Waals surface area (Å²) in [5, 5.41) is 7.83. The highest BCUT2D eigenvalue weighted by Gasteiger charge is 2.47. The van der Waals surface area contributed by atoms with E-state index in [4.69, 9.17) is 0 Å². The molecule has 62 valence electrons. The van der Waals surface area contributed by atoms with Gasteiger partial charge in [-0.25, -0.2) is 4.98 Å². The van der Waals surface area contributed by atoms with Crippen LogP contribution in [0.15, 0.2) is 12.5 Å². The summed E-state index contributed by atoms with van der Waals surface area (Å²) in [5.74, 6) is 1.88. The zero-order valence-corrected chi connectivity index (χ0v) is 6.72. The first kappa shape index (κ1) is 6.34. The van der Waals surface area contributed by atoms with Crippen LogP contribution in [0.5, 0.6) is 0 Å². The lowest BCUT2D eigenvalue weighted by Crippen LogP contribution is -2.23. The average molecular weight is 162 g/mol. The van der Waals surface area contributed by atoms with Crippen molar-refractivity contribution in [2.45, 2.75) is 18.9 Å². The molecule has 2 heterocycles. The number of piperidine rings is 1. The summed E-state index contributed by atoms with van der Waals surface area (Å²) in [5.41, 5.74) is 0. The zero-order chi connectivity index (χ0) is 7.97. The molecule has 0 spiro atoms. The molecule has 0 aromatic carbocycles. The summed E-state index contributed by atoms with van der Waals surface area (Å²) >= 11 is 0. The predicted molar refractivity (Wildman–Crippen MR) is 43.7 cm³/mol. The Kier molecular flexibility index (Phi) is 1.14. The third kappa shape index (κ3) is 0.807. The molecule has 3 rings (SSSR count). The molecule has 2 unspecified atom stereocenters. The second-order valence-corrected chi connectivity index (χ2v) is 3.51. The van der Waals surface area contributed by atoms with Crippen molar-refractivity contribution in [3.05, 3.63) is 12.5 Å². The van der Waals surface area contributed by atoms with Crippen molar-refractivity contribution in [3.63, 3.8) is 0 Å². The molecule has 2 aliphatic rings. The Balaban J connectivity index is 1.89. The topological polar surface area (TPSA) is 41.9 Å². The van der Waals surface area contributed by atoms with Crippen molar-refractivity contribution in [2.75, 3.05) is 11.4 Å². The van der Waals surface area contributed by atoms with E-state index in [1.807, 2.05) is 0 Å². The number of hydrogen-bond donors (Lipinski definition) is 0. The molecule has 1 aliphatic heterocycles. The summed E-state index contributed by atoms with van der Waals surface area (Å²) in [6.45, 7) is 1.13. The molecule has 1 saturated heterocycles. The van der Waals surface area contributed by atoms with Gasteiger partial charge < -0.3 is 4.90 Å². The van der Waals surface area contributed by atoms with Crippen LogP contribution in [-0.2, 0) is 0 Å². The third-order valence-corrected chi connectivity index (χ3v) is 2.79. The van der Waals surface area contributed by atoms with Gasteiger partial charge in [0.15, 0.2) is 5.82 Å². The van der Waals surface area contributed by atoms with Crippen LogP contribution in [0.2, 0.25) is 0 Å². The molecule has 1 saturated carbocycles. The molecule has 12 heavy (non-hydrogen) atoms. The quantitative estimate of drug-likeness (QED) is 0.602. The van der Waals surface area contributed by atoms with Gasteiger partial charge >= 0.3 is 0 Å². The van der Waals surface area contributed by atoms with Crippen molar-refractivity contribution >= 4 is 5.82 Å². The van der Waals surface area contributed by atoms with Gasteiger partial charge in [0.1, 0.15) is 6.33 Å². The maximum absolute atomic E-state index is 4.05. The van der Waals surface area contributed by atoms with E-state index >= 15 is 0 Å². The van der Waals surface area contributed by atoms with Crippen molar-refractivity contribution in [1.29, 1.82) is 0 Å². The van der Waals surface area contributed by atoms with Crippen LogP contribution < -0.4 is 4.90 Å². The van der Waals surface area contributed by atoms with Crippen LogP contribution in [0.25, 0.3) is 0 Å². The fourth-order valence-corrected chi connectivity index (χ4v) is 2.05. The number of rotatable bonds is 1. The second-order valence-electron chi connectivity index (χ2n) is 3.51. The van der Waals surface area contributed by atoms with Crippen molar-refractivity contribution in [1.82, 2.24) is 15.2 Å². The molecule has 2 atom stereocenters. The Morgan fingerprint density at radius 2 is 2.50 bits per heavy atom. The fourth-order valence-electron chi connectivity index (χ4n) is 2.05. The standard InChI is InChI=1S/C8H10N4/c1-2-12(7-3-6(1)7)8-4-9-5-10-11-8/h4-7H,1-3H2. The van der Waals surface area contributed by atoms with Gasteiger partial charge in [-0.05, 0) is 18.8 Å². The molecule has 1 aromatic rings. The third-order valence-electron chi connectivity index (χ3n) is 2.79. The zero-order valence-electron chi connectivity index (χ0n) is 6.72.